The van der Waals surface area contributed by atoms with Gasteiger partial charge in [0, 0.05) is 116 Å². The van der Waals surface area contributed by atoms with E-state index in [0.717, 1.165) is 0 Å². The van der Waals surface area contributed by atoms with Gasteiger partial charge in [0.2, 0.25) is 0 Å². The number of nitrogens with zero attached hydrogens (tertiary/aromatic N) is 6. The van der Waals surface area contributed by atoms with E-state index in [-0.39, 0.29) is 98.1 Å². The van der Waals surface area contributed by atoms with Crippen LogP contribution in [-0.4, -0.2) is 36.1 Å². The van der Waals surface area contributed by atoms with Crippen LogP contribution in [0.3, 0.4) is 0 Å². The van der Waals surface area contributed by atoms with Crippen molar-refractivity contribution in [2.45, 2.75) is 0 Å². The Labute approximate surface area is 165 Å². The smallest absolute Gasteiger partial charge is 0.0246 e. The van der Waals surface area contributed by atoms with E-state index in [1.165, 1.54) is 0 Å². The van der Waals surface area contributed by atoms with E-state index in [4.69, 9.17) is 0 Å². The maximum atomic E-state index is 3.90. The third kappa shape index (κ3) is 7.61. The molecule has 1 aromatic rings. The van der Waals surface area contributed by atoms with Crippen LogP contribution in [0, 0.1) is 0 Å². The molecule has 3 radical (unpaired) electrons. The molecule has 15 heavy (non-hydrogen) atoms. The molecular formula is C6H9N6Y3-3. The van der Waals surface area contributed by atoms with E-state index in [1.807, 2.05) is 0 Å². The number of hydrogen-bond acceptors (Lipinski definition) is 3. The summed E-state index contributed by atoms with van der Waals surface area (Å²) in [5, 5.41) is 11.4. The quantitative estimate of drug-likeness (QED) is 0.731. The summed E-state index contributed by atoms with van der Waals surface area (Å²) in [5.41, 5.74) is 0. The summed E-state index contributed by atoms with van der Waals surface area (Å²) in [4.78, 5) is 11.7. The average molecular weight is 432 g/mol. The van der Waals surface area contributed by atoms with Crippen LogP contribution in [0.2, 0.25) is 0 Å². The molecule has 75 valence electrons. The summed E-state index contributed by atoms with van der Waals surface area (Å²) in [6.45, 7) is 0. The first kappa shape index (κ1) is 22.0. The molecule has 0 aromatic carbocycles. The van der Waals surface area contributed by atoms with Gasteiger partial charge >= 0.3 is 0 Å². The Hall–Kier alpha value is 1.72. The van der Waals surface area contributed by atoms with Gasteiger partial charge in [0.1, 0.15) is 0 Å². The molecule has 0 N–H and O–H groups in total. The first-order chi connectivity index (χ1) is 5.80. The molecule has 0 unspecified atom stereocenters. The molecular weight excluding hydrogens is 423 g/mol. The van der Waals surface area contributed by atoms with Crippen molar-refractivity contribution in [2.75, 3.05) is 21.1 Å². The van der Waals surface area contributed by atoms with Crippen molar-refractivity contribution in [1.82, 2.24) is 15.0 Å². The number of hydrogen-bond donors (Lipinski definition) is 0. The second-order valence-corrected chi connectivity index (χ2v) is 1.91. The number of rotatable bonds is 3. The van der Waals surface area contributed by atoms with Gasteiger partial charge in [-0.05, 0) is 21.1 Å². The van der Waals surface area contributed by atoms with E-state index in [1.54, 1.807) is 21.1 Å². The molecule has 0 atom stereocenters. The molecule has 6 nitrogen and oxygen atoms in total. The molecule has 0 aliphatic carbocycles. The van der Waals surface area contributed by atoms with E-state index in [2.05, 4.69) is 30.9 Å². The minimum absolute atomic E-state index is 0. The molecule has 0 fully saturated rings. The van der Waals surface area contributed by atoms with Crippen LogP contribution in [0.4, 0.5) is 17.8 Å². The summed E-state index contributed by atoms with van der Waals surface area (Å²) < 4.78 is 0. The minimum Gasteiger partial charge on any atom is -0.397 e. The third-order valence-corrected chi connectivity index (χ3v) is 1.20. The van der Waals surface area contributed by atoms with Crippen LogP contribution >= 0.6 is 0 Å². The van der Waals surface area contributed by atoms with Gasteiger partial charge in [0.15, 0.2) is 0 Å². The van der Waals surface area contributed by atoms with Crippen molar-refractivity contribution >= 4 is 17.8 Å². The topological polar surface area (TPSA) is 81.0 Å². The van der Waals surface area contributed by atoms with Crippen LogP contribution < -0.4 is 0 Å². The van der Waals surface area contributed by atoms with E-state index >= 15 is 0 Å². The third-order valence-electron chi connectivity index (χ3n) is 1.20. The fourth-order valence-corrected chi connectivity index (χ4v) is 0.643. The van der Waals surface area contributed by atoms with Crippen LogP contribution in [0.25, 0.3) is 16.0 Å². The Morgan fingerprint density at radius 2 is 0.800 bits per heavy atom. The molecule has 0 amide bonds. The maximum absolute atomic E-state index is 3.90. The van der Waals surface area contributed by atoms with Gasteiger partial charge in [-0.3, -0.25) is 0 Å². The Bertz CT molecular complexity index is 216. The summed E-state index contributed by atoms with van der Waals surface area (Å²) in [6.07, 6.45) is 0. The summed E-state index contributed by atoms with van der Waals surface area (Å²) in [6, 6.07) is 0. The average Bonchev–Trinajstić information content (AvgIpc) is 2.16. The van der Waals surface area contributed by atoms with Crippen LogP contribution in [0.5, 0.6) is 0 Å². The molecule has 1 aromatic heterocycles. The second-order valence-electron chi connectivity index (χ2n) is 1.91. The Morgan fingerprint density at radius 3 is 0.933 bits per heavy atom. The van der Waals surface area contributed by atoms with Gasteiger partial charge in [0.05, 0.1) is 0 Å². The summed E-state index contributed by atoms with van der Waals surface area (Å²) in [7, 11) is 4.82. The van der Waals surface area contributed by atoms with E-state index in [9.17, 15) is 0 Å². The standard InChI is InChI=1S/C6H9N6.3Y/c1-7-4-10-5(8-2)12-6(9-3)11-4;;;/h1-3H3;;;/q-3;;;. The van der Waals surface area contributed by atoms with Crippen molar-refractivity contribution < 1.29 is 98.1 Å². The second kappa shape index (κ2) is 12.2. The van der Waals surface area contributed by atoms with Gasteiger partial charge in [-0.1, -0.05) is 0 Å². The fourth-order valence-electron chi connectivity index (χ4n) is 0.643. The van der Waals surface area contributed by atoms with Crippen molar-refractivity contribution in [3.05, 3.63) is 16.0 Å². The zero-order valence-corrected chi connectivity index (χ0v) is 17.4. The number of aromatic nitrogens is 3. The molecule has 1 rings (SSSR count). The van der Waals surface area contributed by atoms with Crippen molar-refractivity contribution in [2.24, 2.45) is 0 Å². The largest absolute Gasteiger partial charge is 0.397 e. The normalized spacial score (nSPS) is 7.40. The molecule has 0 bridgehead atoms. The van der Waals surface area contributed by atoms with Gasteiger partial charge in [-0.25, -0.2) is 0 Å². The minimum atomic E-state index is 0. The molecule has 1 heterocycles. The molecule has 9 heteroatoms. The first-order valence-electron chi connectivity index (χ1n) is 3.35. The van der Waals surface area contributed by atoms with Crippen molar-refractivity contribution in [3.8, 4) is 0 Å². The predicted octanol–water partition coefficient (Wildman–Crippen LogP) is 1.77. The molecule has 0 spiro atoms. The Morgan fingerprint density at radius 1 is 0.600 bits per heavy atom. The molecule has 0 aliphatic rings. The van der Waals surface area contributed by atoms with Crippen LogP contribution in [0.1, 0.15) is 0 Å². The van der Waals surface area contributed by atoms with E-state index < -0.39 is 0 Å². The maximum Gasteiger partial charge on any atom is 0.0246 e. The molecule has 0 saturated heterocycles. The first-order valence-corrected chi connectivity index (χ1v) is 3.35. The Balaban J connectivity index is -0.000000480. The van der Waals surface area contributed by atoms with Gasteiger partial charge < -0.3 is 30.9 Å². The van der Waals surface area contributed by atoms with Crippen LogP contribution in [-0.2, 0) is 98.1 Å². The summed E-state index contributed by atoms with van der Waals surface area (Å²) in [5.74, 6) is 1.06. The Kier molecular flexibility index (Phi) is 17.8. The van der Waals surface area contributed by atoms with Gasteiger partial charge in [-0.15, -0.1) is 0 Å². The SMILES string of the molecule is C[N-]c1nc([N-]C)nc([N-]C)n1.[Y].[Y].[Y]. The van der Waals surface area contributed by atoms with Crippen molar-refractivity contribution in [1.29, 1.82) is 0 Å². The molecule has 0 saturated carbocycles. The monoisotopic (exact) mass is 432 g/mol. The molecule has 0 aliphatic heterocycles. The van der Waals surface area contributed by atoms with Gasteiger partial charge in [-0.2, -0.15) is 0 Å². The zero-order valence-electron chi connectivity index (χ0n) is 8.92. The fraction of sp³-hybridized carbons (Fsp3) is 0.500. The van der Waals surface area contributed by atoms with Gasteiger partial charge in [0.25, 0.3) is 0 Å². The summed E-state index contributed by atoms with van der Waals surface area (Å²) >= 11 is 0. The van der Waals surface area contributed by atoms with Crippen molar-refractivity contribution in [3.63, 3.8) is 0 Å². The van der Waals surface area contributed by atoms with E-state index in [0.29, 0.717) is 17.8 Å². The zero-order chi connectivity index (χ0) is 8.97. The predicted molar refractivity (Wildman–Crippen MR) is 46.7 cm³/mol. The van der Waals surface area contributed by atoms with Crippen LogP contribution in [0.15, 0.2) is 0 Å².